The van der Waals surface area contributed by atoms with Crippen LogP contribution in [0.25, 0.3) is 10.8 Å². The van der Waals surface area contributed by atoms with Crippen molar-refractivity contribution >= 4 is 42.1 Å². The molecule has 0 radical (unpaired) electrons. The number of hydrogen-bond acceptors (Lipinski definition) is 6. The molecule has 0 aromatic carbocycles. The first-order chi connectivity index (χ1) is 12.8. The van der Waals surface area contributed by atoms with E-state index in [1.54, 1.807) is 17.6 Å². The summed E-state index contributed by atoms with van der Waals surface area (Å²) < 4.78 is 5.43. The Morgan fingerprint density at radius 3 is 3.00 bits per heavy atom. The molecule has 0 saturated carbocycles. The second kappa shape index (κ2) is 11.2. The SMILES string of the molecule is Cl.Cl.O=C(NCC1CCCN(Cc2csc(-c3ccco3)n2)C1)C1CCCN1. The molecule has 2 fully saturated rings. The van der Waals surface area contributed by atoms with Crippen molar-refractivity contribution < 1.29 is 9.21 Å². The highest BCUT2D eigenvalue weighted by Gasteiger charge is 2.25. The summed E-state index contributed by atoms with van der Waals surface area (Å²) in [7, 11) is 0. The zero-order chi connectivity index (χ0) is 17.8. The zero-order valence-electron chi connectivity index (χ0n) is 15.8. The number of hydrogen-bond donors (Lipinski definition) is 2. The Hall–Kier alpha value is -1.12. The summed E-state index contributed by atoms with van der Waals surface area (Å²) in [5.41, 5.74) is 1.10. The average Bonchev–Trinajstić information content (AvgIpc) is 3.41. The molecule has 2 aliphatic heterocycles. The van der Waals surface area contributed by atoms with Crippen LogP contribution in [-0.2, 0) is 11.3 Å². The van der Waals surface area contributed by atoms with Gasteiger partial charge in [-0.1, -0.05) is 0 Å². The first kappa shape index (κ1) is 23.2. The molecule has 2 aromatic rings. The van der Waals surface area contributed by atoms with Crippen LogP contribution < -0.4 is 10.6 Å². The molecule has 6 nitrogen and oxygen atoms in total. The summed E-state index contributed by atoms with van der Waals surface area (Å²) in [6, 6.07) is 3.85. The second-order valence-electron chi connectivity index (χ2n) is 7.26. The lowest BCUT2D eigenvalue weighted by Crippen LogP contribution is -2.45. The van der Waals surface area contributed by atoms with E-state index < -0.39 is 0 Å². The summed E-state index contributed by atoms with van der Waals surface area (Å²) in [4.78, 5) is 19.3. The summed E-state index contributed by atoms with van der Waals surface area (Å²) in [6.07, 6.45) is 6.11. The summed E-state index contributed by atoms with van der Waals surface area (Å²) in [5.74, 6) is 1.53. The lowest BCUT2D eigenvalue weighted by molar-refractivity contribution is -0.123. The third-order valence-electron chi connectivity index (χ3n) is 5.21. The third kappa shape index (κ3) is 5.94. The Labute approximate surface area is 182 Å². The number of carbonyl (C=O) groups excluding carboxylic acids is 1. The molecule has 2 aromatic heterocycles. The second-order valence-corrected chi connectivity index (χ2v) is 8.12. The summed E-state index contributed by atoms with van der Waals surface area (Å²) in [6.45, 7) is 4.73. The van der Waals surface area contributed by atoms with Crippen LogP contribution in [0.5, 0.6) is 0 Å². The number of nitrogens with one attached hydrogen (secondary N) is 2. The van der Waals surface area contributed by atoms with Crippen molar-refractivity contribution in [2.75, 3.05) is 26.2 Å². The van der Waals surface area contributed by atoms with Crippen LogP contribution in [0.3, 0.4) is 0 Å². The van der Waals surface area contributed by atoms with Crippen LogP contribution in [0.15, 0.2) is 28.2 Å². The molecular formula is C19H28Cl2N4O2S. The minimum absolute atomic E-state index is 0. The number of rotatable bonds is 6. The van der Waals surface area contributed by atoms with E-state index in [1.807, 2.05) is 12.1 Å². The minimum Gasteiger partial charge on any atom is -0.462 e. The molecule has 2 atom stereocenters. The van der Waals surface area contributed by atoms with Gasteiger partial charge in [0.15, 0.2) is 10.8 Å². The molecule has 1 amide bonds. The van der Waals surface area contributed by atoms with E-state index in [1.165, 1.54) is 12.8 Å². The first-order valence-electron chi connectivity index (χ1n) is 9.49. The fraction of sp³-hybridized carbons (Fsp3) is 0.579. The highest BCUT2D eigenvalue weighted by Crippen LogP contribution is 2.25. The molecular weight excluding hydrogens is 419 g/mol. The number of aromatic nitrogens is 1. The first-order valence-corrected chi connectivity index (χ1v) is 10.4. The van der Waals surface area contributed by atoms with Crippen LogP contribution in [0.1, 0.15) is 31.4 Å². The van der Waals surface area contributed by atoms with Crippen LogP contribution in [0.4, 0.5) is 0 Å². The lowest BCUT2D eigenvalue weighted by Gasteiger charge is -2.32. The van der Waals surface area contributed by atoms with Crippen molar-refractivity contribution in [1.29, 1.82) is 0 Å². The highest BCUT2D eigenvalue weighted by molar-refractivity contribution is 7.13. The molecule has 9 heteroatoms. The van der Waals surface area contributed by atoms with E-state index >= 15 is 0 Å². The van der Waals surface area contributed by atoms with Gasteiger partial charge in [-0.15, -0.1) is 36.2 Å². The molecule has 28 heavy (non-hydrogen) atoms. The minimum atomic E-state index is 0. The fourth-order valence-corrected chi connectivity index (χ4v) is 4.64. The molecule has 156 valence electrons. The monoisotopic (exact) mass is 446 g/mol. The number of piperidine rings is 1. The van der Waals surface area contributed by atoms with E-state index in [4.69, 9.17) is 9.40 Å². The van der Waals surface area contributed by atoms with Gasteiger partial charge in [0.25, 0.3) is 0 Å². The third-order valence-corrected chi connectivity index (χ3v) is 6.12. The number of thiazole rings is 1. The average molecular weight is 447 g/mol. The predicted molar refractivity (Wildman–Crippen MR) is 116 cm³/mol. The van der Waals surface area contributed by atoms with Gasteiger partial charge in [-0.2, -0.15) is 0 Å². The Bertz CT molecular complexity index is 719. The van der Waals surface area contributed by atoms with Crippen molar-refractivity contribution in [3.63, 3.8) is 0 Å². The van der Waals surface area contributed by atoms with E-state index in [9.17, 15) is 4.79 Å². The molecule has 0 bridgehead atoms. The van der Waals surface area contributed by atoms with E-state index in [0.717, 1.165) is 62.0 Å². The van der Waals surface area contributed by atoms with Crippen LogP contribution >= 0.6 is 36.2 Å². The number of carbonyl (C=O) groups is 1. The molecule has 0 spiro atoms. The largest absolute Gasteiger partial charge is 0.462 e. The van der Waals surface area contributed by atoms with E-state index in [-0.39, 0.29) is 36.8 Å². The van der Waals surface area contributed by atoms with Crippen molar-refractivity contribution in [2.45, 2.75) is 38.3 Å². The normalized spacial score (nSPS) is 22.3. The number of amides is 1. The molecule has 4 heterocycles. The standard InChI is InChI=1S/C19H26N4O2S.2ClH/c24-18(16-5-1-7-20-16)21-10-14-4-2-8-23(11-14)12-15-13-26-19(22-15)17-6-3-9-25-17;;/h3,6,9,13-14,16,20H,1-2,4-5,7-8,10-12H2,(H,21,24);2*1H. The molecule has 2 unspecified atom stereocenters. The Balaban J connectivity index is 0.00000140. The number of nitrogens with zero attached hydrogens (tertiary/aromatic N) is 2. The molecule has 0 aliphatic carbocycles. The van der Waals surface area contributed by atoms with Gasteiger partial charge in [0.1, 0.15) is 0 Å². The summed E-state index contributed by atoms with van der Waals surface area (Å²) in [5, 5.41) is 9.47. The van der Waals surface area contributed by atoms with Gasteiger partial charge in [0.05, 0.1) is 18.0 Å². The van der Waals surface area contributed by atoms with Crippen LogP contribution in [-0.4, -0.2) is 48.0 Å². The lowest BCUT2D eigenvalue weighted by atomic mass is 9.97. The maximum absolute atomic E-state index is 12.2. The highest BCUT2D eigenvalue weighted by atomic mass is 35.5. The van der Waals surface area contributed by atoms with Crippen molar-refractivity contribution in [3.8, 4) is 10.8 Å². The van der Waals surface area contributed by atoms with Gasteiger partial charge in [-0.3, -0.25) is 9.69 Å². The Morgan fingerprint density at radius 2 is 2.25 bits per heavy atom. The van der Waals surface area contributed by atoms with Crippen LogP contribution in [0.2, 0.25) is 0 Å². The van der Waals surface area contributed by atoms with Gasteiger partial charge in [-0.05, 0) is 56.8 Å². The Kier molecular flexibility index (Phi) is 9.24. The smallest absolute Gasteiger partial charge is 0.237 e. The van der Waals surface area contributed by atoms with Gasteiger partial charge in [-0.25, -0.2) is 4.98 Å². The number of likely N-dealkylation sites (tertiary alicyclic amines) is 1. The van der Waals surface area contributed by atoms with Crippen LogP contribution in [0, 0.1) is 5.92 Å². The maximum atomic E-state index is 12.2. The van der Waals surface area contributed by atoms with Crippen molar-refractivity contribution in [2.24, 2.45) is 5.92 Å². The topological polar surface area (TPSA) is 70.4 Å². The number of furan rings is 1. The quantitative estimate of drug-likeness (QED) is 0.711. The van der Waals surface area contributed by atoms with Gasteiger partial charge in [0.2, 0.25) is 5.91 Å². The fourth-order valence-electron chi connectivity index (χ4n) is 3.86. The van der Waals surface area contributed by atoms with Crippen molar-refractivity contribution in [1.82, 2.24) is 20.5 Å². The van der Waals surface area contributed by atoms with Gasteiger partial charge < -0.3 is 15.1 Å². The molecule has 2 aliphatic rings. The van der Waals surface area contributed by atoms with E-state index in [2.05, 4.69) is 20.9 Å². The molecule has 4 rings (SSSR count). The van der Waals surface area contributed by atoms with Crippen molar-refractivity contribution in [3.05, 3.63) is 29.5 Å². The van der Waals surface area contributed by atoms with E-state index in [0.29, 0.717) is 5.92 Å². The number of halogens is 2. The zero-order valence-corrected chi connectivity index (χ0v) is 18.2. The summed E-state index contributed by atoms with van der Waals surface area (Å²) >= 11 is 1.63. The predicted octanol–water partition coefficient (Wildman–Crippen LogP) is 3.33. The molecule has 2 saturated heterocycles. The Morgan fingerprint density at radius 1 is 1.36 bits per heavy atom. The van der Waals surface area contributed by atoms with Gasteiger partial charge in [0, 0.05) is 25.0 Å². The molecule has 2 N–H and O–H groups in total. The van der Waals surface area contributed by atoms with Gasteiger partial charge >= 0.3 is 0 Å². The maximum Gasteiger partial charge on any atom is 0.237 e.